The summed E-state index contributed by atoms with van der Waals surface area (Å²) in [6, 6.07) is 2.29. The summed E-state index contributed by atoms with van der Waals surface area (Å²) in [4.78, 5) is 0. The molecule has 0 radical (unpaired) electrons. The van der Waals surface area contributed by atoms with Gasteiger partial charge in [0.1, 0.15) is 16.5 Å². The molecule has 0 fully saturated rings. The van der Waals surface area contributed by atoms with Gasteiger partial charge in [-0.15, -0.1) is 0 Å². The van der Waals surface area contributed by atoms with E-state index < -0.39 is 23.9 Å². The van der Waals surface area contributed by atoms with Crippen molar-refractivity contribution in [2.24, 2.45) is 7.05 Å². The second-order valence-electron chi connectivity index (χ2n) is 5.63. The van der Waals surface area contributed by atoms with Gasteiger partial charge in [0.25, 0.3) is 0 Å². The minimum absolute atomic E-state index is 0.0110. The fraction of sp³-hybridized carbons (Fsp3) is 0.353. The lowest BCUT2D eigenvalue weighted by Gasteiger charge is -2.13. The maximum absolute atomic E-state index is 14.6. The van der Waals surface area contributed by atoms with Crippen LogP contribution in [0.5, 0.6) is 5.88 Å². The summed E-state index contributed by atoms with van der Waals surface area (Å²) in [5, 5.41) is 3.74. The number of rotatable bonds is 9. The van der Waals surface area contributed by atoms with Crippen LogP contribution in [-0.2, 0) is 11.6 Å². The second-order valence-corrected chi connectivity index (χ2v) is 15.3. The molecule has 1 aromatic carbocycles. The standard InChI is InChI=1S/C17H17Cl3F3N2O2PS2/c1-4-29-28(26,30-5-2)8-12(19)9-6-10(13(21)7-11(9)18)15-14(20)16(25(3)24-15)27-17(22)23/h6-8,17H,4-5H2,1-3H3. The zero-order valence-electron chi connectivity index (χ0n) is 16.0. The molecule has 2 aromatic rings. The van der Waals surface area contributed by atoms with Gasteiger partial charge < -0.3 is 4.74 Å². The number of hydrogen-bond donors (Lipinski definition) is 0. The van der Waals surface area contributed by atoms with E-state index >= 15 is 0 Å². The first-order chi connectivity index (χ1) is 14.0. The normalized spacial score (nSPS) is 12.7. The minimum Gasteiger partial charge on any atom is -0.416 e. The number of aryl methyl sites for hydroxylation is 1. The molecule has 0 unspecified atom stereocenters. The monoisotopic (exact) mass is 538 g/mol. The lowest BCUT2D eigenvalue weighted by Crippen LogP contribution is -2.06. The van der Waals surface area contributed by atoms with Crippen molar-refractivity contribution in [3.05, 3.63) is 39.4 Å². The summed E-state index contributed by atoms with van der Waals surface area (Å²) in [7, 11) is 1.33. The van der Waals surface area contributed by atoms with Crippen LogP contribution in [-0.4, -0.2) is 27.9 Å². The Labute approximate surface area is 195 Å². The molecule has 166 valence electrons. The molecule has 0 saturated heterocycles. The van der Waals surface area contributed by atoms with Crippen molar-refractivity contribution in [3.63, 3.8) is 0 Å². The molecular formula is C17H17Cl3F3N2O2PS2. The molecule has 0 bridgehead atoms. The largest absolute Gasteiger partial charge is 0.416 e. The lowest BCUT2D eigenvalue weighted by atomic mass is 10.1. The molecule has 0 N–H and O–H groups in total. The maximum Gasteiger partial charge on any atom is 0.388 e. The zero-order valence-corrected chi connectivity index (χ0v) is 20.8. The number of hydrogen-bond acceptors (Lipinski definition) is 5. The Kier molecular flexibility index (Phi) is 9.40. The lowest BCUT2D eigenvalue weighted by molar-refractivity contribution is -0.0552. The van der Waals surface area contributed by atoms with Gasteiger partial charge in [-0.2, -0.15) is 13.9 Å². The third-order valence-electron chi connectivity index (χ3n) is 3.60. The van der Waals surface area contributed by atoms with E-state index in [0.717, 1.165) is 10.7 Å². The van der Waals surface area contributed by atoms with E-state index in [2.05, 4.69) is 9.84 Å². The Bertz CT molecular complexity index is 995. The second kappa shape index (κ2) is 10.9. The van der Waals surface area contributed by atoms with Crippen LogP contribution < -0.4 is 4.74 Å². The smallest absolute Gasteiger partial charge is 0.388 e. The third kappa shape index (κ3) is 6.08. The topological polar surface area (TPSA) is 44.1 Å². The molecule has 0 aliphatic rings. The van der Waals surface area contributed by atoms with Gasteiger partial charge in [0.2, 0.25) is 11.4 Å². The van der Waals surface area contributed by atoms with Crippen molar-refractivity contribution in [3.8, 4) is 17.1 Å². The number of halogens is 6. The predicted octanol–water partition coefficient (Wildman–Crippen LogP) is 8.37. The first-order valence-corrected chi connectivity index (χ1v) is 14.6. The fourth-order valence-corrected chi connectivity index (χ4v) is 11.4. The maximum atomic E-state index is 14.6. The summed E-state index contributed by atoms with van der Waals surface area (Å²) in [5.74, 6) is 1.45. The highest BCUT2D eigenvalue weighted by atomic mass is 35.5. The van der Waals surface area contributed by atoms with Crippen LogP contribution in [0, 0.1) is 5.82 Å². The average molecular weight is 540 g/mol. The third-order valence-corrected chi connectivity index (χ3v) is 12.8. The molecule has 0 saturated carbocycles. The van der Waals surface area contributed by atoms with Gasteiger partial charge in [0.15, 0.2) is 0 Å². The van der Waals surface area contributed by atoms with E-state index in [1.807, 2.05) is 13.8 Å². The van der Waals surface area contributed by atoms with E-state index in [9.17, 15) is 17.7 Å². The molecule has 0 amide bonds. The van der Waals surface area contributed by atoms with E-state index in [0.29, 0.717) is 11.5 Å². The van der Waals surface area contributed by atoms with Crippen LogP contribution in [0.4, 0.5) is 13.2 Å². The van der Waals surface area contributed by atoms with Gasteiger partial charge in [-0.1, -0.05) is 71.4 Å². The average Bonchev–Trinajstić information content (AvgIpc) is 2.89. The number of nitrogens with zero attached hydrogens (tertiary/aromatic N) is 2. The highest BCUT2D eigenvalue weighted by molar-refractivity contribution is 8.91. The van der Waals surface area contributed by atoms with E-state index in [1.54, 1.807) is 0 Å². The molecule has 0 aliphatic heterocycles. The van der Waals surface area contributed by atoms with Gasteiger partial charge in [0, 0.05) is 24.0 Å². The van der Waals surface area contributed by atoms with E-state index in [4.69, 9.17) is 34.8 Å². The summed E-state index contributed by atoms with van der Waals surface area (Å²) in [6.07, 6.45) is 0. The van der Waals surface area contributed by atoms with E-state index in [1.165, 1.54) is 41.7 Å². The quantitative estimate of drug-likeness (QED) is 0.300. The van der Waals surface area contributed by atoms with Gasteiger partial charge >= 0.3 is 6.61 Å². The number of alkyl halides is 2. The highest BCUT2D eigenvalue weighted by Gasteiger charge is 2.25. The van der Waals surface area contributed by atoms with Gasteiger partial charge in [-0.3, -0.25) is 4.57 Å². The van der Waals surface area contributed by atoms with Gasteiger partial charge in [0.05, 0.1) is 10.1 Å². The molecule has 30 heavy (non-hydrogen) atoms. The van der Waals surface area contributed by atoms with E-state index in [-0.39, 0.29) is 31.9 Å². The molecule has 2 rings (SSSR count). The van der Waals surface area contributed by atoms with Crippen LogP contribution >= 0.6 is 63.1 Å². The SMILES string of the molecule is CCSP(=O)(C=C(Cl)c1cc(-c2nn(C)c(OC(F)F)c2Cl)c(F)cc1Cl)SCC. The Morgan fingerprint density at radius 1 is 1.30 bits per heavy atom. The first-order valence-electron chi connectivity index (χ1n) is 8.47. The van der Waals surface area contributed by atoms with Crippen molar-refractivity contribution in [1.29, 1.82) is 0 Å². The zero-order chi connectivity index (χ0) is 22.6. The summed E-state index contributed by atoms with van der Waals surface area (Å²) < 4.78 is 58.2. The fourth-order valence-electron chi connectivity index (χ4n) is 2.46. The van der Waals surface area contributed by atoms with Crippen molar-refractivity contribution in [1.82, 2.24) is 9.78 Å². The van der Waals surface area contributed by atoms with Crippen LogP contribution in [0.15, 0.2) is 17.9 Å². The Balaban J connectivity index is 2.59. The number of benzene rings is 1. The molecule has 1 aromatic heterocycles. The Hall–Kier alpha value is -0.440. The predicted molar refractivity (Wildman–Crippen MR) is 123 cm³/mol. The molecular weight excluding hydrogens is 523 g/mol. The molecule has 0 spiro atoms. The molecule has 0 aliphatic carbocycles. The van der Waals surface area contributed by atoms with Crippen LogP contribution in [0.3, 0.4) is 0 Å². The van der Waals surface area contributed by atoms with Crippen LogP contribution in [0.2, 0.25) is 10.0 Å². The number of aromatic nitrogens is 2. The Morgan fingerprint density at radius 2 is 1.90 bits per heavy atom. The summed E-state index contributed by atoms with van der Waals surface area (Å²) >= 11 is 21.2. The van der Waals surface area contributed by atoms with Crippen LogP contribution in [0.1, 0.15) is 19.4 Å². The van der Waals surface area contributed by atoms with Gasteiger partial charge in [-0.05, 0) is 23.6 Å². The molecule has 4 nitrogen and oxygen atoms in total. The highest BCUT2D eigenvalue weighted by Crippen LogP contribution is 2.71. The van der Waals surface area contributed by atoms with Gasteiger partial charge in [-0.25, -0.2) is 9.07 Å². The number of ether oxygens (including phenoxy) is 1. The Morgan fingerprint density at radius 3 is 2.43 bits per heavy atom. The first kappa shape index (κ1) is 25.8. The summed E-state index contributed by atoms with van der Waals surface area (Å²) in [5.41, 5.74) is -2.88. The van der Waals surface area contributed by atoms with Crippen molar-refractivity contribution < 1.29 is 22.5 Å². The van der Waals surface area contributed by atoms with Crippen LogP contribution in [0.25, 0.3) is 16.3 Å². The molecule has 0 atom stereocenters. The van der Waals surface area contributed by atoms with Crippen molar-refractivity contribution >= 4 is 68.1 Å². The summed E-state index contributed by atoms with van der Waals surface area (Å²) in [6.45, 7) is 0.621. The molecule has 1 heterocycles. The minimum atomic E-state index is -3.13. The van der Waals surface area contributed by atoms with Crippen molar-refractivity contribution in [2.45, 2.75) is 20.5 Å². The molecule has 13 heteroatoms. The van der Waals surface area contributed by atoms with Crippen molar-refractivity contribution in [2.75, 3.05) is 11.5 Å².